The van der Waals surface area contributed by atoms with Crippen molar-refractivity contribution in [3.8, 4) is 22.5 Å². The largest absolute Gasteiger partial charge is 0.290 e. The van der Waals surface area contributed by atoms with E-state index in [1.807, 2.05) is 0 Å². The van der Waals surface area contributed by atoms with Crippen LogP contribution in [0.3, 0.4) is 0 Å². The van der Waals surface area contributed by atoms with Gasteiger partial charge < -0.3 is 0 Å². The molecule has 4 aromatic rings. The lowest BCUT2D eigenvalue weighted by atomic mass is 9.99. The number of aromatic nitrogens is 2. The molecule has 5 rings (SSSR count). The van der Waals surface area contributed by atoms with Gasteiger partial charge in [0.1, 0.15) is 6.04 Å². The van der Waals surface area contributed by atoms with Crippen molar-refractivity contribution in [3.63, 3.8) is 0 Å². The van der Waals surface area contributed by atoms with Crippen molar-refractivity contribution in [2.75, 3.05) is 0 Å². The first kappa shape index (κ1) is 20.1. The van der Waals surface area contributed by atoms with Crippen molar-refractivity contribution in [1.29, 1.82) is 0 Å². The highest BCUT2D eigenvalue weighted by Gasteiger charge is 2.33. The number of benzene rings is 3. The number of aryl methyl sites for hydroxylation is 2. The Hall–Kier alpha value is -2.87. The van der Waals surface area contributed by atoms with Crippen molar-refractivity contribution in [2.24, 2.45) is 7.05 Å². The molecule has 0 saturated heterocycles. The maximum Gasteiger partial charge on any atom is 0.290 e. The van der Waals surface area contributed by atoms with Gasteiger partial charge in [0, 0.05) is 0 Å². The average molecular weight is 410 g/mol. The van der Waals surface area contributed by atoms with E-state index in [2.05, 4.69) is 104 Å². The summed E-state index contributed by atoms with van der Waals surface area (Å²) in [5.41, 5.74) is 9.38. The second-order valence-electron chi connectivity index (χ2n) is 9.49. The SMILES string of the molecule is Cc1ccc(-c2ccccc2)cc1-c1n(C2CCCC2)c2cc(C(C)C)ccc2[n+]1C. The predicted molar refractivity (Wildman–Crippen MR) is 130 cm³/mol. The number of hydrogen-bond donors (Lipinski definition) is 0. The van der Waals surface area contributed by atoms with Gasteiger partial charge in [0.2, 0.25) is 0 Å². The molecule has 2 nitrogen and oxygen atoms in total. The molecule has 158 valence electrons. The fourth-order valence-electron chi connectivity index (χ4n) is 5.28. The molecular formula is C29H33N2+. The monoisotopic (exact) mass is 409 g/mol. The molecule has 1 saturated carbocycles. The Labute approximate surface area is 186 Å². The minimum Gasteiger partial charge on any atom is -0.226 e. The molecule has 1 aliphatic carbocycles. The molecule has 1 aromatic heterocycles. The zero-order valence-corrected chi connectivity index (χ0v) is 19.2. The van der Waals surface area contributed by atoms with Crippen molar-refractivity contribution in [2.45, 2.75) is 58.4 Å². The summed E-state index contributed by atoms with van der Waals surface area (Å²) in [6.07, 6.45) is 5.22. The molecule has 0 atom stereocenters. The number of hydrogen-bond acceptors (Lipinski definition) is 0. The van der Waals surface area contributed by atoms with Crippen LogP contribution in [0.15, 0.2) is 66.7 Å². The summed E-state index contributed by atoms with van der Waals surface area (Å²) < 4.78 is 5.10. The van der Waals surface area contributed by atoms with Crippen LogP contribution in [0, 0.1) is 6.92 Å². The van der Waals surface area contributed by atoms with Gasteiger partial charge in [0.15, 0.2) is 11.0 Å². The number of fused-ring (bicyclic) bond motifs is 1. The maximum atomic E-state index is 2.67. The van der Waals surface area contributed by atoms with Gasteiger partial charge in [-0.2, -0.15) is 0 Å². The predicted octanol–water partition coefficient (Wildman–Crippen LogP) is 7.35. The third-order valence-electron chi connectivity index (χ3n) is 7.11. The first-order valence-corrected chi connectivity index (χ1v) is 11.7. The van der Waals surface area contributed by atoms with E-state index in [1.165, 1.54) is 70.4 Å². The lowest BCUT2D eigenvalue weighted by Crippen LogP contribution is -2.31. The van der Waals surface area contributed by atoms with Crippen LogP contribution in [-0.2, 0) is 7.05 Å². The molecule has 0 aliphatic heterocycles. The van der Waals surface area contributed by atoms with E-state index >= 15 is 0 Å². The molecular weight excluding hydrogens is 376 g/mol. The van der Waals surface area contributed by atoms with E-state index < -0.39 is 0 Å². The van der Waals surface area contributed by atoms with E-state index in [0.717, 1.165) is 0 Å². The van der Waals surface area contributed by atoms with Crippen LogP contribution in [0.25, 0.3) is 33.5 Å². The Balaban J connectivity index is 1.78. The summed E-state index contributed by atoms with van der Waals surface area (Å²) in [4.78, 5) is 0. The minimum absolute atomic E-state index is 0.535. The minimum atomic E-state index is 0.535. The summed E-state index contributed by atoms with van der Waals surface area (Å²) in [7, 11) is 2.24. The Morgan fingerprint density at radius 3 is 2.32 bits per heavy atom. The van der Waals surface area contributed by atoms with Crippen LogP contribution in [0.2, 0.25) is 0 Å². The van der Waals surface area contributed by atoms with Gasteiger partial charge in [-0.15, -0.1) is 0 Å². The molecule has 1 fully saturated rings. The molecule has 2 heteroatoms. The van der Waals surface area contributed by atoms with E-state index in [-0.39, 0.29) is 0 Å². The fraction of sp³-hybridized carbons (Fsp3) is 0.345. The summed E-state index contributed by atoms with van der Waals surface area (Å²) in [5.74, 6) is 1.88. The topological polar surface area (TPSA) is 8.81 Å². The van der Waals surface area contributed by atoms with Crippen molar-refractivity contribution >= 4 is 11.0 Å². The lowest BCUT2D eigenvalue weighted by Gasteiger charge is -2.13. The van der Waals surface area contributed by atoms with Crippen LogP contribution in [0.5, 0.6) is 0 Å². The second kappa shape index (κ2) is 8.00. The number of rotatable bonds is 4. The normalized spacial score (nSPS) is 14.7. The highest BCUT2D eigenvalue weighted by Crippen LogP contribution is 2.38. The van der Waals surface area contributed by atoms with Gasteiger partial charge in [0.25, 0.3) is 5.82 Å². The molecule has 31 heavy (non-hydrogen) atoms. The fourth-order valence-corrected chi connectivity index (χ4v) is 5.28. The molecule has 3 aromatic carbocycles. The molecule has 0 spiro atoms. The Morgan fingerprint density at radius 2 is 1.61 bits per heavy atom. The van der Waals surface area contributed by atoms with Crippen LogP contribution in [-0.4, -0.2) is 4.57 Å². The maximum absolute atomic E-state index is 2.67. The molecule has 0 N–H and O–H groups in total. The summed E-state index contributed by atoms with van der Waals surface area (Å²) >= 11 is 0. The van der Waals surface area contributed by atoms with Crippen molar-refractivity contribution in [1.82, 2.24) is 4.57 Å². The zero-order chi connectivity index (χ0) is 21.5. The zero-order valence-electron chi connectivity index (χ0n) is 19.2. The molecule has 1 aliphatic rings. The first-order valence-electron chi connectivity index (χ1n) is 11.7. The third kappa shape index (κ3) is 3.48. The molecule has 1 heterocycles. The Bertz CT molecular complexity index is 1220. The van der Waals surface area contributed by atoms with Gasteiger partial charge in [0.05, 0.1) is 12.6 Å². The number of imidazole rings is 1. The third-order valence-corrected chi connectivity index (χ3v) is 7.11. The standard InChI is InChI=1S/C29H33N2/c1-20(2)23-16-17-27-28(19-23)31(25-12-8-9-13-25)29(30(27)4)26-18-24(15-14-21(26)3)22-10-6-5-7-11-22/h5-7,10-11,14-20,25H,8-9,12-13H2,1-4H3/q+1. The molecule has 0 radical (unpaired) electrons. The van der Waals surface area contributed by atoms with Crippen LogP contribution in [0.4, 0.5) is 0 Å². The summed E-state index contributed by atoms with van der Waals surface area (Å²) in [6, 6.07) is 25.3. The number of nitrogens with zero attached hydrogens (tertiary/aromatic N) is 2. The highest BCUT2D eigenvalue weighted by atomic mass is 15.2. The molecule has 0 unspecified atom stereocenters. The highest BCUT2D eigenvalue weighted by molar-refractivity contribution is 5.80. The van der Waals surface area contributed by atoms with E-state index in [0.29, 0.717) is 12.0 Å². The van der Waals surface area contributed by atoms with Crippen molar-refractivity contribution < 1.29 is 4.57 Å². The van der Waals surface area contributed by atoms with E-state index in [9.17, 15) is 0 Å². The van der Waals surface area contributed by atoms with Crippen LogP contribution >= 0.6 is 0 Å². The van der Waals surface area contributed by atoms with Gasteiger partial charge in [-0.3, -0.25) is 0 Å². The summed E-state index contributed by atoms with van der Waals surface area (Å²) in [5, 5.41) is 0. The average Bonchev–Trinajstić information content (AvgIpc) is 3.41. The van der Waals surface area contributed by atoms with Crippen LogP contribution in [0.1, 0.15) is 62.6 Å². The Kier molecular flexibility index (Phi) is 5.17. The van der Waals surface area contributed by atoms with Gasteiger partial charge >= 0.3 is 0 Å². The van der Waals surface area contributed by atoms with Crippen molar-refractivity contribution in [3.05, 3.63) is 77.9 Å². The summed E-state index contributed by atoms with van der Waals surface area (Å²) in [6.45, 7) is 6.83. The quantitative estimate of drug-likeness (QED) is 0.312. The van der Waals surface area contributed by atoms with Gasteiger partial charge in [-0.1, -0.05) is 62.4 Å². The molecule has 0 amide bonds. The lowest BCUT2D eigenvalue weighted by molar-refractivity contribution is -0.634. The van der Waals surface area contributed by atoms with E-state index in [1.54, 1.807) is 0 Å². The van der Waals surface area contributed by atoms with Gasteiger partial charge in [-0.05, 0) is 79.0 Å². The van der Waals surface area contributed by atoms with Gasteiger partial charge in [-0.25, -0.2) is 9.13 Å². The molecule has 0 bridgehead atoms. The van der Waals surface area contributed by atoms with E-state index in [4.69, 9.17) is 0 Å². The van der Waals surface area contributed by atoms with Crippen LogP contribution < -0.4 is 4.57 Å². The Morgan fingerprint density at radius 1 is 0.871 bits per heavy atom. The second-order valence-corrected chi connectivity index (χ2v) is 9.49. The first-order chi connectivity index (χ1) is 15.0. The smallest absolute Gasteiger partial charge is 0.226 e.